The van der Waals surface area contributed by atoms with Crippen LogP contribution in [0.25, 0.3) is 0 Å². The second-order valence-electron chi connectivity index (χ2n) is 3.09. The van der Waals surface area contributed by atoms with Gasteiger partial charge in [-0.05, 0) is 31.2 Å². The maximum absolute atomic E-state index is 11.7. The number of aryl methyl sites for hydroxylation is 1. The molecule has 0 amide bonds. The van der Waals surface area contributed by atoms with Crippen LogP contribution in [0.1, 0.15) is 20.3 Å². The third-order valence-electron chi connectivity index (χ3n) is 1.93. The lowest BCUT2D eigenvalue weighted by atomic mass is 10.2. The quantitative estimate of drug-likeness (QED) is 0.722. The number of hydrogen-bond acceptors (Lipinski definition) is 3. The monoisotopic (exact) mass is 206 g/mol. The van der Waals surface area contributed by atoms with E-state index in [0.717, 1.165) is 15.5 Å². The number of Topliss-reactive ketones (excluding diaryl/α,β-unsaturated/α-hetero) is 1. The maximum atomic E-state index is 11.7. The molecule has 0 saturated carbocycles. The molecule has 0 aliphatic carbocycles. The van der Waals surface area contributed by atoms with Gasteiger partial charge in [0, 0.05) is 4.88 Å². The first kappa shape index (κ1) is 9.21. The summed E-state index contributed by atoms with van der Waals surface area (Å²) in [4.78, 5) is 13.6. The number of furan rings is 1. The molecule has 0 radical (unpaired) electrons. The Bertz CT molecular complexity index is 426. The lowest BCUT2D eigenvalue weighted by molar-refractivity contribution is 0.0991. The second-order valence-corrected chi connectivity index (χ2v) is 4.38. The van der Waals surface area contributed by atoms with Crippen molar-refractivity contribution in [1.29, 1.82) is 0 Å². The summed E-state index contributed by atoms with van der Waals surface area (Å²) in [5.41, 5.74) is 0. The van der Waals surface area contributed by atoms with Gasteiger partial charge >= 0.3 is 0 Å². The maximum Gasteiger partial charge on any atom is 0.180 e. The first-order chi connectivity index (χ1) is 6.75. The van der Waals surface area contributed by atoms with Gasteiger partial charge in [-0.1, -0.05) is 0 Å². The minimum atomic E-state index is 0.123. The van der Waals surface area contributed by atoms with E-state index in [1.165, 1.54) is 11.3 Å². The SMILES string of the molecule is Cc1ccc(C(=O)Cc2ccco2)s1. The summed E-state index contributed by atoms with van der Waals surface area (Å²) in [6.07, 6.45) is 1.94. The van der Waals surface area contributed by atoms with Gasteiger partial charge in [-0.25, -0.2) is 0 Å². The molecule has 0 aliphatic rings. The number of carbonyl (C=O) groups is 1. The van der Waals surface area contributed by atoms with Crippen molar-refractivity contribution in [2.45, 2.75) is 13.3 Å². The largest absolute Gasteiger partial charge is 0.469 e. The van der Waals surface area contributed by atoms with Crippen LogP contribution >= 0.6 is 11.3 Å². The molecule has 0 N–H and O–H groups in total. The van der Waals surface area contributed by atoms with Crippen molar-refractivity contribution in [3.8, 4) is 0 Å². The summed E-state index contributed by atoms with van der Waals surface area (Å²) in [6, 6.07) is 7.44. The zero-order valence-corrected chi connectivity index (χ0v) is 8.64. The molecule has 2 heterocycles. The highest BCUT2D eigenvalue weighted by atomic mass is 32.1. The van der Waals surface area contributed by atoms with Gasteiger partial charge in [0.2, 0.25) is 0 Å². The Labute approximate surface area is 86.2 Å². The van der Waals surface area contributed by atoms with Crippen LogP contribution in [0.4, 0.5) is 0 Å². The Kier molecular flexibility index (Phi) is 2.50. The zero-order chi connectivity index (χ0) is 9.97. The third-order valence-corrected chi connectivity index (χ3v) is 2.97. The van der Waals surface area contributed by atoms with E-state index in [1.54, 1.807) is 12.3 Å². The molecule has 0 spiro atoms. The predicted molar refractivity (Wildman–Crippen MR) is 55.8 cm³/mol. The second kappa shape index (κ2) is 3.80. The smallest absolute Gasteiger partial charge is 0.180 e. The van der Waals surface area contributed by atoms with E-state index < -0.39 is 0 Å². The lowest BCUT2D eigenvalue weighted by Gasteiger charge is -1.93. The Morgan fingerprint density at radius 3 is 2.86 bits per heavy atom. The number of carbonyl (C=O) groups excluding carboxylic acids is 1. The van der Waals surface area contributed by atoms with Crippen LogP contribution in [-0.4, -0.2) is 5.78 Å². The average molecular weight is 206 g/mol. The number of rotatable bonds is 3. The van der Waals surface area contributed by atoms with E-state index in [4.69, 9.17) is 4.42 Å². The van der Waals surface area contributed by atoms with Gasteiger partial charge in [0.25, 0.3) is 0 Å². The van der Waals surface area contributed by atoms with E-state index in [9.17, 15) is 4.79 Å². The first-order valence-corrected chi connectivity index (χ1v) is 5.19. The highest BCUT2D eigenvalue weighted by Gasteiger charge is 2.10. The van der Waals surface area contributed by atoms with Gasteiger partial charge in [-0.2, -0.15) is 0 Å². The molecule has 72 valence electrons. The van der Waals surface area contributed by atoms with Gasteiger partial charge in [-0.3, -0.25) is 4.79 Å². The summed E-state index contributed by atoms with van der Waals surface area (Å²) in [5.74, 6) is 0.846. The molecule has 2 aromatic heterocycles. The van der Waals surface area contributed by atoms with E-state index in [2.05, 4.69) is 0 Å². The fourth-order valence-electron chi connectivity index (χ4n) is 1.24. The average Bonchev–Trinajstić information content (AvgIpc) is 2.75. The summed E-state index contributed by atoms with van der Waals surface area (Å²) in [7, 11) is 0. The molecule has 0 atom stereocenters. The van der Waals surface area contributed by atoms with E-state index >= 15 is 0 Å². The van der Waals surface area contributed by atoms with Gasteiger partial charge in [-0.15, -0.1) is 11.3 Å². The predicted octanol–water partition coefficient (Wildman–Crippen LogP) is 3.07. The van der Waals surface area contributed by atoms with Crippen LogP contribution in [0.2, 0.25) is 0 Å². The summed E-state index contributed by atoms with van der Waals surface area (Å²) in [5, 5.41) is 0. The Morgan fingerprint density at radius 2 is 2.29 bits per heavy atom. The first-order valence-electron chi connectivity index (χ1n) is 4.38. The molecule has 0 aliphatic heterocycles. The van der Waals surface area contributed by atoms with Gasteiger partial charge in [0.1, 0.15) is 5.76 Å². The Hall–Kier alpha value is -1.35. The third kappa shape index (κ3) is 1.93. The van der Waals surface area contributed by atoms with E-state index in [1.807, 2.05) is 25.1 Å². The topological polar surface area (TPSA) is 30.2 Å². The normalized spacial score (nSPS) is 10.4. The van der Waals surface area contributed by atoms with Crippen LogP contribution in [0.3, 0.4) is 0 Å². The summed E-state index contributed by atoms with van der Waals surface area (Å²) < 4.78 is 5.12. The van der Waals surface area contributed by atoms with Crippen molar-refractivity contribution in [2.24, 2.45) is 0 Å². The van der Waals surface area contributed by atoms with Crippen molar-refractivity contribution in [3.05, 3.63) is 46.0 Å². The van der Waals surface area contributed by atoms with E-state index in [-0.39, 0.29) is 5.78 Å². The number of thiophene rings is 1. The summed E-state index contributed by atoms with van der Waals surface area (Å²) in [6.45, 7) is 1.99. The summed E-state index contributed by atoms with van der Waals surface area (Å²) >= 11 is 1.53. The van der Waals surface area contributed by atoms with Crippen LogP contribution in [0.15, 0.2) is 34.9 Å². The number of ketones is 1. The zero-order valence-electron chi connectivity index (χ0n) is 7.82. The molecule has 14 heavy (non-hydrogen) atoms. The lowest BCUT2D eigenvalue weighted by Crippen LogP contribution is -1.99. The fourth-order valence-corrected chi connectivity index (χ4v) is 2.05. The van der Waals surface area contributed by atoms with Gasteiger partial charge < -0.3 is 4.42 Å². The molecule has 2 aromatic rings. The van der Waals surface area contributed by atoms with Crippen molar-refractivity contribution in [3.63, 3.8) is 0 Å². The van der Waals surface area contributed by atoms with Crippen molar-refractivity contribution in [1.82, 2.24) is 0 Å². The van der Waals surface area contributed by atoms with Crippen LogP contribution in [0, 0.1) is 6.92 Å². The molecule has 0 bridgehead atoms. The van der Waals surface area contributed by atoms with Crippen LogP contribution in [-0.2, 0) is 6.42 Å². The minimum absolute atomic E-state index is 0.123. The minimum Gasteiger partial charge on any atom is -0.469 e. The van der Waals surface area contributed by atoms with Crippen molar-refractivity contribution >= 4 is 17.1 Å². The molecule has 2 nitrogen and oxygen atoms in total. The fraction of sp³-hybridized carbons (Fsp3) is 0.182. The van der Waals surface area contributed by atoms with Gasteiger partial charge in [0.05, 0.1) is 17.6 Å². The Balaban J connectivity index is 2.10. The highest BCUT2D eigenvalue weighted by molar-refractivity contribution is 7.14. The van der Waals surface area contributed by atoms with Crippen molar-refractivity contribution in [2.75, 3.05) is 0 Å². The molecule has 0 unspecified atom stereocenters. The molecule has 2 rings (SSSR count). The molecule has 3 heteroatoms. The van der Waals surface area contributed by atoms with Gasteiger partial charge in [0.15, 0.2) is 5.78 Å². The van der Waals surface area contributed by atoms with Crippen molar-refractivity contribution < 1.29 is 9.21 Å². The molecule has 0 aromatic carbocycles. The molecule has 0 saturated heterocycles. The van der Waals surface area contributed by atoms with E-state index in [0.29, 0.717) is 6.42 Å². The number of hydrogen-bond donors (Lipinski definition) is 0. The van der Waals surface area contributed by atoms with Crippen LogP contribution < -0.4 is 0 Å². The van der Waals surface area contributed by atoms with Crippen LogP contribution in [0.5, 0.6) is 0 Å². The molecular formula is C11H10O2S. The standard InChI is InChI=1S/C11H10O2S/c1-8-4-5-11(14-8)10(12)7-9-3-2-6-13-9/h2-6H,7H2,1H3. The Morgan fingerprint density at radius 1 is 1.43 bits per heavy atom. The molecular weight excluding hydrogens is 196 g/mol. The highest BCUT2D eigenvalue weighted by Crippen LogP contribution is 2.17. The molecule has 0 fully saturated rings.